The molecule has 1 aromatic carbocycles. The Hall–Kier alpha value is -1.36. The van der Waals surface area contributed by atoms with Crippen LogP contribution in [-0.2, 0) is 0 Å². The van der Waals surface area contributed by atoms with Crippen molar-refractivity contribution in [2.24, 2.45) is 5.10 Å². The monoisotopic (exact) mass is 300 g/mol. The predicted molar refractivity (Wildman–Crippen MR) is 74.7 cm³/mol. The first-order valence-electron chi connectivity index (χ1n) is 4.88. The zero-order valence-electron chi connectivity index (χ0n) is 8.94. The molecule has 1 N–H and O–H groups in total. The molecule has 2 aromatic rings. The Morgan fingerprint density at radius 3 is 2.50 bits per heavy atom. The van der Waals surface area contributed by atoms with Gasteiger partial charge in [-0.3, -0.25) is 5.43 Å². The number of nitrogens with zero attached hydrogens (tertiary/aromatic N) is 3. The summed E-state index contributed by atoms with van der Waals surface area (Å²) in [4.78, 5) is 0. The van der Waals surface area contributed by atoms with Gasteiger partial charge >= 0.3 is 0 Å². The minimum atomic E-state index is 0.328. The first kappa shape index (κ1) is 13.1. The Labute approximate surface area is 119 Å². The van der Waals surface area contributed by atoms with Crippen molar-refractivity contribution >= 4 is 46.8 Å². The largest absolute Gasteiger partial charge is 0.260 e. The highest BCUT2D eigenvalue weighted by atomic mass is 35.5. The van der Waals surface area contributed by atoms with Crippen LogP contribution in [0, 0.1) is 0 Å². The van der Waals surface area contributed by atoms with E-state index in [1.54, 1.807) is 36.5 Å². The molecular formula is C11H7Cl3N4. The highest BCUT2D eigenvalue weighted by Gasteiger charge is 1.97. The molecule has 0 aliphatic heterocycles. The van der Waals surface area contributed by atoms with Gasteiger partial charge in [-0.2, -0.15) is 5.10 Å². The van der Waals surface area contributed by atoms with Crippen molar-refractivity contribution in [3.8, 4) is 0 Å². The van der Waals surface area contributed by atoms with Crippen LogP contribution in [0.4, 0.5) is 5.82 Å². The number of hydrazone groups is 1. The summed E-state index contributed by atoms with van der Waals surface area (Å²) in [5.41, 5.74) is 3.53. The van der Waals surface area contributed by atoms with Gasteiger partial charge in [-0.25, -0.2) is 0 Å². The number of hydrogen-bond donors (Lipinski definition) is 1. The molecule has 1 aromatic heterocycles. The molecule has 4 nitrogen and oxygen atoms in total. The van der Waals surface area contributed by atoms with Crippen LogP contribution in [-0.4, -0.2) is 16.4 Å². The second-order valence-electron chi connectivity index (χ2n) is 3.28. The van der Waals surface area contributed by atoms with Crippen molar-refractivity contribution in [3.05, 3.63) is 51.1 Å². The fourth-order valence-electron chi connectivity index (χ4n) is 1.14. The van der Waals surface area contributed by atoms with E-state index in [-0.39, 0.29) is 0 Å². The van der Waals surface area contributed by atoms with E-state index >= 15 is 0 Å². The van der Waals surface area contributed by atoms with Gasteiger partial charge < -0.3 is 0 Å². The minimum absolute atomic E-state index is 0.328. The molecule has 0 saturated carbocycles. The van der Waals surface area contributed by atoms with E-state index in [9.17, 15) is 0 Å². The summed E-state index contributed by atoms with van der Waals surface area (Å²) in [6.07, 6.45) is 1.60. The number of nitrogens with one attached hydrogen (secondary N) is 1. The lowest BCUT2D eigenvalue weighted by Crippen LogP contribution is -1.94. The van der Waals surface area contributed by atoms with E-state index in [1.807, 2.05) is 0 Å². The Balaban J connectivity index is 2.02. The van der Waals surface area contributed by atoms with E-state index in [0.29, 0.717) is 21.0 Å². The molecule has 0 atom stereocenters. The van der Waals surface area contributed by atoms with Crippen molar-refractivity contribution in [1.29, 1.82) is 0 Å². The first-order chi connectivity index (χ1) is 8.65. The molecule has 0 aliphatic rings. The van der Waals surface area contributed by atoms with Crippen molar-refractivity contribution in [3.63, 3.8) is 0 Å². The summed E-state index contributed by atoms with van der Waals surface area (Å²) in [5.74, 6) is 0.496. The third kappa shape index (κ3) is 3.57. The Kier molecular flexibility index (Phi) is 4.36. The summed E-state index contributed by atoms with van der Waals surface area (Å²) in [6.45, 7) is 0. The van der Waals surface area contributed by atoms with Crippen LogP contribution in [0.5, 0.6) is 0 Å². The number of benzene rings is 1. The standard InChI is InChI=1S/C11H7Cl3N4/c12-8-2-1-7(5-9(8)13)6-15-17-11-4-3-10(14)16-18-11/h1-6H,(H,17,18). The summed E-state index contributed by atoms with van der Waals surface area (Å²) < 4.78 is 0. The Morgan fingerprint density at radius 2 is 1.83 bits per heavy atom. The maximum atomic E-state index is 5.88. The van der Waals surface area contributed by atoms with Gasteiger partial charge in [0.2, 0.25) is 0 Å². The van der Waals surface area contributed by atoms with Gasteiger partial charge in [0.25, 0.3) is 0 Å². The molecule has 7 heteroatoms. The van der Waals surface area contributed by atoms with E-state index < -0.39 is 0 Å². The molecule has 0 spiro atoms. The van der Waals surface area contributed by atoms with E-state index in [1.165, 1.54) is 0 Å². The van der Waals surface area contributed by atoms with Gasteiger partial charge in [0, 0.05) is 0 Å². The summed E-state index contributed by atoms with van der Waals surface area (Å²) in [5, 5.41) is 12.8. The third-order valence-electron chi connectivity index (χ3n) is 1.97. The van der Waals surface area contributed by atoms with Crippen molar-refractivity contribution in [2.45, 2.75) is 0 Å². The molecule has 92 valence electrons. The number of aromatic nitrogens is 2. The quantitative estimate of drug-likeness (QED) is 0.691. The van der Waals surface area contributed by atoms with E-state index in [2.05, 4.69) is 20.7 Å². The molecule has 0 amide bonds. The number of anilines is 1. The van der Waals surface area contributed by atoms with Gasteiger partial charge in [0.1, 0.15) is 0 Å². The number of hydrogen-bond acceptors (Lipinski definition) is 4. The van der Waals surface area contributed by atoms with Crippen LogP contribution < -0.4 is 5.43 Å². The highest BCUT2D eigenvalue weighted by molar-refractivity contribution is 6.42. The molecule has 2 rings (SSSR count). The van der Waals surface area contributed by atoms with Gasteiger partial charge in [-0.15, -0.1) is 10.2 Å². The van der Waals surface area contributed by atoms with E-state index in [4.69, 9.17) is 34.8 Å². The van der Waals surface area contributed by atoms with Crippen LogP contribution in [0.3, 0.4) is 0 Å². The second kappa shape index (κ2) is 6.00. The van der Waals surface area contributed by atoms with Gasteiger partial charge in [-0.05, 0) is 29.8 Å². The van der Waals surface area contributed by atoms with Gasteiger partial charge in [0.15, 0.2) is 11.0 Å². The SMILES string of the molecule is Clc1ccc(NN=Cc2ccc(Cl)c(Cl)c2)nn1. The zero-order valence-corrected chi connectivity index (χ0v) is 11.2. The zero-order chi connectivity index (χ0) is 13.0. The molecule has 0 unspecified atom stereocenters. The fraction of sp³-hybridized carbons (Fsp3) is 0. The van der Waals surface area contributed by atoms with Gasteiger partial charge in [0.05, 0.1) is 16.3 Å². The average molecular weight is 302 g/mol. The topological polar surface area (TPSA) is 50.2 Å². The molecule has 0 saturated heterocycles. The molecule has 0 fully saturated rings. The molecule has 0 bridgehead atoms. The summed E-state index contributed by atoms with van der Waals surface area (Å²) in [7, 11) is 0. The van der Waals surface area contributed by atoms with Crippen LogP contribution in [0.15, 0.2) is 35.4 Å². The van der Waals surface area contributed by atoms with Gasteiger partial charge in [-0.1, -0.05) is 40.9 Å². The summed E-state index contributed by atoms with van der Waals surface area (Å²) in [6, 6.07) is 8.50. The molecule has 0 aliphatic carbocycles. The molecule has 1 heterocycles. The lowest BCUT2D eigenvalue weighted by molar-refractivity contribution is 1.02. The second-order valence-corrected chi connectivity index (χ2v) is 4.49. The lowest BCUT2D eigenvalue weighted by Gasteiger charge is -1.99. The number of halogens is 3. The normalized spacial score (nSPS) is 10.8. The molecule has 0 radical (unpaired) electrons. The van der Waals surface area contributed by atoms with E-state index in [0.717, 1.165) is 5.56 Å². The smallest absolute Gasteiger partial charge is 0.168 e. The fourth-order valence-corrected chi connectivity index (χ4v) is 1.55. The highest BCUT2D eigenvalue weighted by Crippen LogP contribution is 2.21. The molecule has 18 heavy (non-hydrogen) atoms. The van der Waals surface area contributed by atoms with Crippen molar-refractivity contribution < 1.29 is 0 Å². The summed E-state index contributed by atoms with van der Waals surface area (Å²) >= 11 is 17.3. The average Bonchev–Trinajstić information content (AvgIpc) is 2.36. The predicted octanol–water partition coefficient (Wildman–Crippen LogP) is 3.88. The van der Waals surface area contributed by atoms with Crippen molar-refractivity contribution in [1.82, 2.24) is 10.2 Å². The minimum Gasteiger partial charge on any atom is -0.260 e. The Morgan fingerprint density at radius 1 is 1.00 bits per heavy atom. The Bertz CT molecular complexity index is 569. The van der Waals surface area contributed by atoms with Crippen LogP contribution >= 0.6 is 34.8 Å². The first-order valence-corrected chi connectivity index (χ1v) is 6.02. The lowest BCUT2D eigenvalue weighted by atomic mass is 10.2. The third-order valence-corrected chi connectivity index (χ3v) is 2.91. The molecular weight excluding hydrogens is 295 g/mol. The van der Waals surface area contributed by atoms with Crippen LogP contribution in [0.25, 0.3) is 0 Å². The maximum Gasteiger partial charge on any atom is 0.168 e. The van der Waals surface area contributed by atoms with Crippen molar-refractivity contribution in [2.75, 3.05) is 5.43 Å². The van der Waals surface area contributed by atoms with Crippen LogP contribution in [0.1, 0.15) is 5.56 Å². The van der Waals surface area contributed by atoms with Crippen LogP contribution in [0.2, 0.25) is 15.2 Å². The number of rotatable bonds is 3. The maximum absolute atomic E-state index is 5.88.